The summed E-state index contributed by atoms with van der Waals surface area (Å²) in [5.41, 5.74) is 3.26. The van der Waals surface area contributed by atoms with Crippen LogP contribution in [0.4, 0.5) is 0 Å². The minimum absolute atomic E-state index is 0.0497. The fourth-order valence-corrected chi connectivity index (χ4v) is 2.93. The average Bonchev–Trinajstić information content (AvgIpc) is 2.62. The van der Waals surface area contributed by atoms with Crippen LogP contribution >= 0.6 is 0 Å². The van der Waals surface area contributed by atoms with Gasteiger partial charge in [0.25, 0.3) is 0 Å². The Labute approximate surface area is 147 Å². The van der Waals surface area contributed by atoms with Crippen LogP contribution in [-0.2, 0) is 0 Å². The van der Waals surface area contributed by atoms with Crippen LogP contribution in [0, 0.1) is 5.92 Å². The van der Waals surface area contributed by atoms with E-state index in [0.717, 1.165) is 12.0 Å². The third-order valence-electron chi connectivity index (χ3n) is 4.23. The second-order valence-electron chi connectivity index (χ2n) is 6.21. The Morgan fingerprint density at radius 2 is 2.00 bits per heavy atom. The molecule has 0 radical (unpaired) electrons. The maximum absolute atomic E-state index is 13.0. The summed E-state index contributed by atoms with van der Waals surface area (Å²) in [6.45, 7) is 4.09. The van der Waals surface area contributed by atoms with Crippen LogP contribution in [0.15, 0.2) is 66.2 Å². The zero-order valence-corrected chi connectivity index (χ0v) is 14.3. The van der Waals surface area contributed by atoms with Crippen molar-refractivity contribution in [3.8, 4) is 0 Å². The van der Waals surface area contributed by atoms with Gasteiger partial charge >= 0.3 is 0 Å². The van der Waals surface area contributed by atoms with Crippen molar-refractivity contribution >= 4 is 17.6 Å². The highest BCUT2D eigenvalue weighted by Crippen LogP contribution is 2.27. The van der Waals surface area contributed by atoms with Gasteiger partial charge in [-0.1, -0.05) is 19.1 Å². The van der Waals surface area contributed by atoms with Crippen molar-refractivity contribution in [2.75, 3.05) is 0 Å². The fourth-order valence-electron chi connectivity index (χ4n) is 2.93. The summed E-state index contributed by atoms with van der Waals surface area (Å²) in [4.78, 5) is 21.2. The molecule has 1 unspecified atom stereocenters. The SMILES string of the molecule is CC1=CC(C)CC=C1C(=O)c1cccnc1/C=C(/O)c1ccncc1. The van der Waals surface area contributed by atoms with Crippen LogP contribution < -0.4 is 0 Å². The second-order valence-corrected chi connectivity index (χ2v) is 6.21. The van der Waals surface area contributed by atoms with Gasteiger partial charge in [-0.2, -0.15) is 0 Å². The van der Waals surface area contributed by atoms with E-state index in [4.69, 9.17) is 0 Å². The van der Waals surface area contributed by atoms with Gasteiger partial charge in [-0.25, -0.2) is 0 Å². The van der Waals surface area contributed by atoms with E-state index >= 15 is 0 Å². The Kier molecular flexibility index (Phi) is 4.89. The maximum atomic E-state index is 13.0. The minimum atomic E-state index is -0.0671. The number of pyridine rings is 2. The van der Waals surface area contributed by atoms with Gasteiger partial charge in [0, 0.05) is 41.4 Å². The number of hydrogen-bond acceptors (Lipinski definition) is 4. The van der Waals surface area contributed by atoms with Crippen LogP contribution in [0.3, 0.4) is 0 Å². The van der Waals surface area contributed by atoms with Gasteiger partial charge in [0.2, 0.25) is 0 Å². The molecule has 0 amide bonds. The first kappa shape index (κ1) is 16.8. The van der Waals surface area contributed by atoms with Crippen molar-refractivity contribution in [1.29, 1.82) is 0 Å². The number of nitrogens with zero attached hydrogens (tertiary/aromatic N) is 2. The first-order valence-corrected chi connectivity index (χ1v) is 8.26. The molecule has 0 fully saturated rings. The highest BCUT2D eigenvalue weighted by atomic mass is 16.3. The number of aliphatic hydroxyl groups is 1. The Balaban J connectivity index is 1.97. The van der Waals surface area contributed by atoms with Crippen LogP contribution in [-0.4, -0.2) is 20.9 Å². The summed E-state index contributed by atoms with van der Waals surface area (Å²) < 4.78 is 0. The van der Waals surface area contributed by atoms with Crippen LogP contribution in [0.25, 0.3) is 11.8 Å². The van der Waals surface area contributed by atoms with E-state index in [1.54, 1.807) is 42.9 Å². The Morgan fingerprint density at radius 1 is 1.24 bits per heavy atom. The molecule has 25 heavy (non-hydrogen) atoms. The lowest BCUT2D eigenvalue weighted by Gasteiger charge is -2.16. The maximum Gasteiger partial charge on any atom is 0.195 e. The van der Waals surface area contributed by atoms with Crippen molar-refractivity contribution in [2.24, 2.45) is 5.92 Å². The molecule has 2 heterocycles. The summed E-state index contributed by atoms with van der Waals surface area (Å²) in [5.74, 6) is 0.428. The Morgan fingerprint density at radius 3 is 2.72 bits per heavy atom. The lowest BCUT2D eigenvalue weighted by molar-refractivity contribution is 0.103. The Bertz CT molecular complexity index is 880. The standard InChI is InChI=1S/C21H20N2O2/c1-14-5-6-17(15(2)12-14)21(25)18-4-3-9-23-19(18)13-20(24)16-7-10-22-11-8-16/h3-4,6-14,24H,5H2,1-2H3/b20-13+. The molecule has 4 nitrogen and oxygen atoms in total. The summed E-state index contributed by atoms with van der Waals surface area (Å²) in [7, 11) is 0. The molecule has 4 heteroatoms. The molecule has 0 bridgehead atoms. The minimum Gasteiger partial charge on any atom is -0.507 e. The molecule has 1 atom stereocenters. The van der Waals surface area contributed by atoms with Crippen molar-refractivity contribution in [3.63, 3.8) is 0 Å². The largest absolute Gasteiger partial charge is 0.507 e. The third kappa shape index (κ3) is 3.74. The molecule has 1 aliphatic rings. The van der Waals surface area contributed by atoms with Crippen molar-refractivity contribution in [1.82, 2.24) is 9.97 Å². The van der Waals surface area contributed by atoms with E-state index in [9.17, 15) is 9.90 Å². The molecular formula is C21H20N2O2. The number of aliphatic hydroxyl groups excluding tert-OH is 1. The summed E-state index contributed by atoms with van der Waals surface area (Å²) >= 11 is 0. The van der Waals surface area contributed by atoms with Gasteiger partial charge in [-0.3, -0.25) is 14.8 Å². The first-order chi connectivity index (χ1) is 12.1. The zero-order valence-electron chi connectivity index (χ0n) is 14.3. The van der Waals surface area contributed by atoms with E-state index in [2.05, 4.69) is 23.0 Å². The van der Waals surface area contributed by atoms with Gasteiger partial charge in [-0.05, 0) is 49.1 Å². The van der Waals surface area contributed by atoms with Gasteiger partial charge in [-0.15, -0.1) is 0 Å². The quantitative estimate of drug-likeness (QED) is 0.655. The molecule has 0 saturated heterocycles. The molecule has 3 rings (SSSR count). The summed E-state index contributed by atoms with van der Waals surface area (Å²) in [6.07, 6.45) is 11.3. The lowest BCUT2D eigenvalue weighted by Crippen LogP contribution is -2.11. The zero-order chi connectivity index (χ0) is 17.8. The smallest absolute Gasteiger partial charge is 0.195 e. The van der Waals surface area contributed by atoms with Crippen LogP contribution in [0.2, 0.25) is 0 Å². The van der Waals surface area contributed by atoms with E-state index < -0.39 is 0 Å². The molecule has 2 aromatic heterocycles. The molecular weight excluding hydrogens is 312 g/mol. The Hall–Kier alpha value is -3.01. The second kappa shape index (κ2) is 7.26. The first-order valence-electron chi connectivity index (χ1n) is 8.26. The number of ketones is 1. The summed E-state index contributed by atoms with van der Waals surface area (Å²) in [5, 5.41) is 10.3. The molecule has 0 saturated carbocycles. The van der Waals surface area contributed by atoms with Gasteiger partial charge in [0.05, 0.1) is 5.69 Å². The highest BCUT2D eigenvalue weighted by Gasteiger charge is 2.20. The number of hydrogen-bond donors (Lipinski definition) is 1. The highest BCUT2D eigenvalue weighted by molar-refractivity contribution is 6.13. The third-order valence-corrected chi connectivity index (χ3v) is 4.23. The molecule has 0 aromatic carbocycles. The molecule has 1 aliphatic carbocycles. The predicted octanol–water partition coefficient (Wildman–Crippen LogP) is 4.63. The van der Waals surface area contributed by atoms with Crippen molar-refractivity contribution in [3.05, 3.63) is 83.0 Å². The predicted molar refractivity (Wildman–Crippen MR) is 98.9 cm³/mol. The van der Waals surface area contributed by atoms with E-state index in [1.165, 1.54) is 6.08 Å². The molecule has 1 N–H and O–H groups in total. The number of carbonyl (C=O) groups excluding carboxylic acids is 1. The normalized spacial score (nSPS) is 17.7. The monoisotopic (exact) mass is 332 g/mol. The van der Waals surface area contributed by atoms with Gasteiger partial charge < -0.3 is 5.11 Å². The van der Waals surface area contributed by atoms with Gasteiger partial charge in [0.1, 0.15) is 5.76 Å². The van der Waals surface area contributed by atoms with E-state index in [0.29, 0.717) is 28.3 Å². The number of Topliss-reactive ketones (excluding diaryl/α,β-unsaturated/α-hetero) is 1. The number of allylic oxidation sites excluding steroid dienone is 4. The van der Waals surface area contributed by atoms with Crippen molar-refractivity contribution < 1.29 is 9.90 Å². The average molecular weight is 332 g/mol. The topological polar surface area (TPSA) is 63.1 Å². The van der Waals surface area contributed by atoms with Gasteiger partial charge in [0.15, 0.2) is 5.78 Å². The number of aromatic nitrogens is 2. The molecule has 0 spiro atoms. The number of rotatable bonds is 4. The van der Waals surface area contributed by atoms with Crippen molar-refractivity contribution in [2.45, 2.75) is 20.3 Å². The van der Waals surface area contributed by atoms with E-state index in [-0.39, 0.29) is 11.5 Å². The lowest BCUT2D eigenvalue weighted by atomic mass is 9.88. The fraction of sp³-hybridized carbons (Fsp3) is 0.190. The molecule has 126 valence electrons. The van der Waals surface area contributed by atoms with E-state index in [1.807, 2.05) is 13.0 Å². The molecule has 2 aromatic rings. The number of carbonyl (C=O) groups is 1. The van der Waals surface area contributed by atoms with Crippen LogP contribution in [0.1, 0.15) is 41.9 Å². The molecule has 0 aliphatic heterocycles. The summed E-state index contributed by atoms with van der Waals surface area (Å²) in [6, 6.07) is 6.88. The van der Waals surface area contributed by atoms with Crippen LogP contribution in [0.5, 0.6) is 0 Å².